The topological polar surface area (TPSA) is 22.0 Å². The molecule has 1 aromatic carbocycles. The summed E-state index contributed by atoms with van der Waals surface area (Å²) >= 11 is 3.43. The zero-order chi connectivity index (χ0) is 13.2. The minimum Gasteiger partial charge on any atom is -0.314 e. The maximum Gasteiger partial charge on any atom is 0.250 e. The molecule has 1 heterocycles. The zero-order valence-corrected chi connectivity index (χ0v) is 12.3. The molecule has 1 aliphatic rings. The molecule has 1 atom stereocenters. The van der Waals surface area contributed by atoms with Gasteiger partial charge < -0.3 is 4.57 Å². The minimum absolute atomic E-state index is 0.0752. The molecule has 0 fully saturated rings. The van der Waals surface area contributed by atoms with E-state index in [-0.39, 0.29) is 5.56 Å². The van der Waals surface area contributed by atoms with Crippen molar-refractivity contribution in [3.05, 3.63) is 68.5 Å². The number of halogens is 1. The first-order valence-electron chi connectivity index (χ1n) is 6.68. The maximum absolute atomic E-state index is 11.9. The van der Waals surface area contributed by atoms with E-state index in [1.807, 2.05) is 10.8 Å². The third kappa shape index (κ3) is 2.66. The van der Waals surface area contributed by atoms with Crippen molar-refractivity contribution in [3.63, 3.8) is 0 Å². The van der Waals surface area contributed by atoms with Crippen LogP contribution in [0.1, 0.15) is 29.9 Å². The summed E-state index contributed by atoms with van der Waals surface area (Å²) in [5, 5.41) is 0. The van der Waals surface area contributed by atoms with Gasteiger partial charge in [-0.3, -0.25) is 4.79 Å². The fourth-order valence-electron chi connectivity index (χ4n) is 2.93. The van der Waals surface area contributed by atoms with E-state index in [2.05, 4.69) is 40.2 Å². The number of nitrogens with zero attached hydrogens (tertiary/aromatic N) is 1. The predicted octanol–water partition coefficient (Wildman–Crippen LogP) is 3.73. The van der Waals surface area contributed by atoms with Crippen molar-refractivity contribution in [2.75, 3.05) is 0 Å². The summed E-state index contributed by atoms with van der Waals surface area (Å²) in [6, 6.07) is 12.0. The molecule has 0 bridgehead atoms. The van der Waals surface area contributed by atoms with Gasteiger partial charge in [0.05, 0.1) is 0 Å². The summed E-state index contributed by atoms with van der Waals surface area (Å²) in [5.74, 6) is 0.456. The van der Waals surface area contributed by atoms with Gasteiger partial charge in [-0.15, -0.1) is 0 Å². The molecule has 0 aliphatic heterocycles. The molecule has 98 valence electrons. The normalized spacial score (nSPS) is 18.1. The van der Waals surface area contributed by atoms with Crippen LogP contribution >= 0.6 is 15.9 Å². The largest absolute Gasteiger partial charge is 0.314 e. The minimum atomic E-state index is 0.0752. The van der Waals surface area contributed by atoms with Crippen LogP contribution in [0.4, 0.5) is 0 Å². The Kier molecular flexibility index (Phi) is 3.56. The summed E-state index contributed by atoms with van der Waals surface area (Å²) in [6.07, 6.45) is 5.43. The maximum atomic E-state index is 11.9. The Morgan fingerprint density at radius 2 is 2.05 bits per heavy atom. The number of pyridine rings is 1. The van der Waals surface area contributed by atoms with Crippen LogP contribution in [0.15, 0.2) is 51.9 Å². The first kappa shape index (κ1) is 12.7. The molecule has 3 rings (SSSR count). The third-order valence-electron chi connectivity index (χ3n) is 3.86. The Balaban J connectivity index is 1.93. The molecule has 0 spiro atoms. The van der Waals surface area contributed by atoms with Gasteiger partial charge in [-0.1, -0.05) is 24.3 Å². The van der Waals surface area contributed by atoms with Gasteiger partial charge in [-0.05, 0) is 52.4 Å². The average Bonchev–Trinajstić information content (AvgIpc) is 2.43. The van der Waals surface area contributed by atoms with Crippen LogP contribution in [0.25, 0.3) is 0 Å². The first-order chi connectivity index (χ1) is 9.24. The van der Waals surface area contributed by atoms with Crippen molar-refractivity contribution in [3.8, 4) is 0 Å². The third-order valence-corrected chi connectivity index (χ3v) is 4.33. The van der Waals surface area contributed by atoms with Gasteiger partial charge in [-0.25, -0.2) is 0 Å². The van der Waals surface area contributed by atoms with Crippen LogP contribution in [-0.4, -0.2) is 4.57 Å². The number of hydrogen-bond acceptors (Lipinski definition) is 1. The lowest BCUT2D eigenvalue weighted by molar-refractivity contribution is 0.475. The Hall–Kier alpha value is -1.35. The van der Waals surface area contributed by atoms with Gasteiger partial charge in [0.25, 0.3) is 5.56 Å². The Morgan fingerprint density at radius 1 is 1.21 bits per heavy atom. The van der Waals surface area contributed by atoms with Crippen LogP contribution < -0.4 is 5.56 Å². The Bertz CT molecular complexity index is 647. The molecule has 0 N–H and O–H groups in total. The average molecular weight is 318 g/mol. The fourth-order valence-corrected chi connectivity index (χ4v) is 3.31. The Morgan fingerprint density at radius 3 is 2.95 bits per heavy atom. The summed E-state index contributed by atoms with van der Waals surface area (Å²) < 4.78 is 2.77. The lowest BCUT2D eigenvalue weighted by Gasteiger charge is -2.26. The van der Waals surface area contributed by atoms with Crippen LogP contribution in [0, 0.1) is 0 Å². The lowest BCUT2D eigenvalue weighted by Crippen LogP contribution is -2.24. The Labute approximate surface area is 121 Å². The predicted molar refractivity (Wildman–Crippen MR) is 80.5 cm³/mol. The standard InChI is InChI=1S/C16H16BrNO/c17-14-8-9-16(19)18(11-14)10-13-6-3-5-12-4-1-2-7-15(12)13/h1-2,4,7-9,11,13H,3,5-6,10H2. The van der Waals surface area contributed by atoms with E-state index in [1.165, 1.54) is 24.0 Å². The number of benzene rings is 1. The monoisotopic (exact) mass is 317 g/mol. The highest BCUT2D eigenvalue weighted by molar-refractivity contribution is 9.10. The molecule has 0 amide bonds. The molecule has 2 aromatic rings. The number of aromatic nitrogens is 1. The second-order valence-electron chi connectivity index (χ2n) is 5.13. The molecule has 0 saturated heterocycles. The van der Waals surface area contributed by atoms with Crippen LogP contribution in [-0.2, 0) is 13.0 Å². The van der Waals surface area contributed by atoms with Crippen LogP contribution in [0.2, 0.25) is 0 Å². The quantitative estimate of drug-likeness (QED) is 0.827. The van der Waals surface area contributed by atoms with E-state index in [0.29, 0.717) is 5.92 Å². The van der Waals surface area contributed by atoms with Crippen LogP contribution in [0.3, 0.4) is 0 Å². The van der Waals surface area contributed by atoms with E-state index in [1.54, 1.807) is 12.1 Å². The molecule has 1 unspecified atom stereocenters. The summed E-state index contributed by atoms with van der Waals surface area (Å²) in [7, 11) is 0. The van der Waals surface area contributed by atoms with Gasteiger partial charge in [0.1, 0.15) is 0 Å². The molecule has 0 radical (unpaired) electrons. The molecule has 19 heavy (non-hydrogen) atoms. The summed E-state index contributed by atoms with van der Waals surface area (Å²) in [6.45, 7) is 0.773. The lowest BCUT2D eigenvalue weighted by atomic mass is 9.83. The molecule has 1 aliphatic carbocycles. The van der Waals surface area contributed by atoms with E-state index in [9.17, 15) is 4.79 Å². The fraction of sp³-hybridized carbons (Fsp3) is 0.312. The van der Waals surface area contributed by atoms with Crippen molar-refractivity contribution < 1.29 is 0 Å². The van der Waals surface area contributed by atoms with E-state index >= 15 is 0 Å². The second-order valence-corrected chi connectivity index (χ2v) is 6.04. The van der Waals surface area contributed by atoms with E-state index in [0.717, 1.165) is 17.4 Å². The molecule has 3 heteroatoms. The molecule has 2 nitrogen and oxygen atoms in total. The number of rotatable bonds is 2. The zero-order valence-electron chi connectivity index (χ0n) is 10.7. The van der Waals surface area contributed by atoms with Gasteiger partial charge in [-0.2, -0.15) is 0 Å². The van der Waals surface area contributed by atoms with Crippen molar-refractivity contribution in [1.29, 1.82) is 0 Å². The van der Waals surface area contributed by atoms with E-state index < -0.39 is 0 Å². The first-order valence-corrected chi connectivity index (χ1v) is 7.47. The molecular weight excluding hydrogens is 302 g/mol. The van der Waals surface area contributed by atoms with Crippen molar-refractivity contribution >= 4 is 15.9 Å². The highest BCUT2D eigenvalue weighted by Crippen LogP contribution is 2.32. The van der Waals surface area contributed by atoms with Gasteiger partial charge in [0.15, 0.2) is 0 Å². The van der Waals surface area contributed by atoms with Gasteiger partial charge in [0, 0.05) is 29.2 Å². The number of aryl methyl sites for hydroxylation is 1. The van der Waals surface area contributed by atoms with Crippen molar-refractivity contribution in [1.82, 2.24) is 4.57 Å². The molecule has 0 saturated carbocycles. The summed E-state index contributed by atoms with van der Waals surface area (Å²) in [4.78, 5) is 11.9. The highest BCUT2D eigenvalue weighted by Gasteiger charge is 2.20. The highest BCUT2D eigenvalue weighted by atomic mass is 79.9. The van der Waals surface area contributed by atoms with Gasteiger partial charge in [0.2, 0.25) is 0 Å². The van der Waals surface area contributed by atoms with Crippen molar-refractivity contribution in [2.24, 2.45) is 0 Å². The molecular formula is C16H16BrNO. The van der Waals surface area contributed by atoms with Crippen molar-refractivity contribution in [2.45, 2.75) is 31.7 Å². The van der Waals surface area contributed by atoms with Crippen LogP contribution in [0.5, 0.6) is 0 Å². The second kappa shape index (κ2) is 5.33. The van der Waals surface area contributed by atoms with Gasteiger partial charge >= 0.3 is 0 Å². The number of hydrogen-bond donors (Lipinski definition) is 0. The SMILES string of the molecule is O=c1ccc(Br)cn1CC1CCCc2ccccc21. The van der Waals surface area contributed by atoms with E-state index in [4.69, 9.17) is 0 Å². The molecule has 1 aromatic heterocycles. The number of fused-ring (bicyclic) bond motifs is 1. The smallest absolute Gasteiger partial charge is 0.250 e. The summed E-state index contributed by atoms with van der Waals surface area (Å²) in [5.41, 5.74) is 2.94.